The van der Waals surface area contributed by atoms with E-state index in [1.165, 1.54) is 0 Å². The minimum Gasteiger partial charge on any atom is -0.458 e. The van der Waals surface area contributed by atoms with Gasteiger partial charge in [0.05, 0.1) is 0 Å². The molecule has 2 heterocycles. The Morgan fingerprint density at radius 1 is 0.950 bits per heavy atom. The first-order valence-corrected chi connectivity index (χ1v) is 6.37. The summed E-state index contributed by atoms with van der Waals surface area (Å²) in [6.07, 6.45) is -0.822. The van der Waals surface area contributed by atoms with Crippen LogP contribution in [0, 0.1) is 0 Å². The number of benzene rings is 2. The Morgan fingerprint density at radius 2 is 1.80 bits per heavy atom. The molecule has 1 aliphatic heterocycles. The molecule has 1 atom stereocenters. The molecule has 20 heavy (non-hydrogen) atoms. The monoisotopic (exact) mass is 268 g/mol. The third kappa shape index (κ3) is 1.73. The first-order valence-electron chi connectivity index (χ1n) is 6.37. The molecular weight excluding hydrogens is 256 g/mol. The Kier molecular flexibility index (Phi) is 2.44. The number of hydrogen-bond acceptors (Lipinski definition) is 4. The highest BCUT2D eigenvalue weighted by molar-refractivity contribution is 5.77. The van der Waals surface area contributed by atoms with Crippen LogP contribution in [0.3, 0.4) is 0 Å². The Hall–Kier alpha value is -2.46. The van der Waals surface area contributed by atoms with Gasteiger partial charge in [0.15, 0.2) is 11.5 Å². The van der Waals surface area contributed by atoms with E-state index in [-0.39, 0.29) is 6.79 Å². The minimum absolute atomic E-state index is 0.222. The van der Waals surface area contributed by atoms with Gasteiger partial charge in [-0.1, -0.05) is 24.3 Å². The zero-order valence-electron chi connectivity index (χ0n) is 10.6. The van der Waals surface area contributed by atoms with Gasteiger partial charge >= 0.3 is 0 Å². The molecular formula is C16H12O4. The molecule has 1 aromatic heterocycles. The van der Waals surface area contributed by atoms with Crippen LogP contribution < -0.4 is 9.47 Å². The summed E-state index contributed by atoms with van der Waals surface area (Å²) in [5, 5.41) is 11.4. The fraction of sp³-hybridized carbons (Fsp3) is 0.125. The van der Waals surface area contributed by atoms with Crippen molar-refractivity contribution >= 4 is 11.0 Å². The van der Waals surface area contributed by atoms with Crippen LogP contribution in [0.4, 0.5) is 0 Å². The van der Waals surface area contributed by atoms with Crippen molar-refractivity contribution in [2.45, 2.75) is 6.10 Å². The lowest BCUT2D eigenvalue weighted by Crippen LogP contribution is -1.97. The molecule has 1 N–H and O–H groups in total. The molecule has 0 fully saturated rings. The summed E-state index contributed by atoms with van der Waals surface area (Å²) >= 11 is 0. The molecule has 0 saturated carbocycles. The van der Waals surface area contributed by atoms with E-state index < -0.39 is 6.10 Å². The fourth-order valence-corrected chi connectivity index (χ4v) is 2.38. The molecule has 4 nitrogen and oxygen atoms in total. The maximum absolute atomic E-state index is 10.4. The van der Waals surface area contributed by atoms with Gasteiger partial charge in [0.2, 0.25) is 6.79 Å². The van der Waals surface area contributed by atoms with Crippen LogP contribution in [0.5, 0.6) is 11.5 Å². The van der Waals surface area contributed by atoms with Crippen molar-refractivity contribution in [3.05, 3.63) is 59.9 Å². The molecule has 0 radical (unpaired) electrons. The largest absolute Gasteiger partial charge is 0.458 e. The van der Waals surface area contributed by atoms with Crippen molar-refractivity contribution in [1.29, 1.82) is 0 Å². The predicted octanol–water partition coefficient (Wildman–Crippen LogP) is 3.24. The second-order valence-corrected chi connectivity index (χ2v) is 4.70. The first-order chi connectivity index (χ1) is 9.81. The van der Waals surface area contributed by atoms with Gasteiger partial charge in [-0.25, -0.2) is 0 Å². The number of furan rings is 1. The van der Waals surface area contributed by atoms with Crippen molar-refractivity contribution in [3.8, 4) is 11.5 Å². The van der Waals surface area contributed by atoms with E-state index in [0.717, 1.165) is 11.0 Å². The highest BCUT2D eigenvalue weighted by Crippen LogP contribution is 2.36. The van der Waals surface area contributed by atoms with Gasteiger partial charge in [0, 0.05) is 5.39 Å². The molecule has 2 aromatic carbocycles. The van der Waals surface area contributed by atoms with E-state index in [9.17, 15) is 5.11 Å². The lowest BCUT2D eigenvalue weighted by Gasteiger charge is -2.08. The highest BCUT2D eigenvalue weighted by atomic mass is 16.7. The van der Waals surface area contributed by atoms with Crippen molar-refractivity contribution in [3.63, 3.8) is 0 Å². The van der Waals surface area contributed by atoms with E-state index >= 15 is 0 Å². The topological polar surface area (TPSA) is 51.8 Å². The van der Waals surface area contributed by atoms with E-state index in [1.807, 2.05) is 36.4 Å². The number of hydrogen-bond donors (Lipinski definition) is 1. The van der Waals surface area contributed by atoms with Gasteiger partial charge in [0.25, 0.3) is 0 Å². The molecule has 3 aromatic rings. The summed E-state index contributed by atoms with van der Waals surface area (Å²) in [4.78, 5) is 0. The number of aliphatic hydroxyl groups excluding tert-OH is 1. The molecule has 0 bridgehead atoms. The van der Waals surface area contributed by atoms with Gasteiger partial charge in [-0.3, -0.25) is 0 Å². The van der Waals surface area contributed by atoms with Crippen LogP contribution in [-0.2, 0) is 0 Å². The van der Waals surface area contributed by atoms with E-state index in [4.69, 9.17) is 13.9 Å². The van der Waals surface area contributed by atoms with Gasteiger partial charge in [0.1, 0.15) is 17.4 Å². The second kappa shape index (κ2) is 4.28. The van der Waals surface area contributed by atoms with Crippen LogP contribution in [0.1, 0.15) is 17.4 Å². The molecule has 4 rings (SSSR count). The van der Waals surface area contributed by atoms with Crippen LogP contribution in [0.25, 0.3) is 11.0 Å². The van der Waals surface area contributed by atoms with Crippen LogP contribution in [0.2, 0.25) is 0 Å². The van der Waals surface area contributed by atoms with E-state index in [2.05, 4.69) is 0 Å². The molecule has 0 aliphatic carbocycles. The quantitative estimate of drug-likeness (QED) is 0.775. The lowest BCUT2D eigenvalue weighted by molar-refractivity contribution is 0.173. The maximum atomic E-state index is 10.4. The zero-order valence-corrected chi connectivity index (χ0v) is 10.6. The van der Waals surface area contributed by atoms with Crippen molar-refractivity contribution in [2.24, 2.45) is 0 Å². The van der Waals surface area contributed by atoms with Crippen LogP contribution in [-0.4, -0.2) is 11.9 Å². The number of ether oxygens (including phenoxy) is 2. The Labute approximate surface area is 115 Å². The minimum atomic E-state index is -0.822. The molecule has 0 amide bonds. The smallest absolute Gasteiger partial charge is 0.231 e. The Balaban J connectivity index is 1.74. The molecule has 4 heteroatoms. The maximum Gasteiger partial charge on any atom is 0.231 e. The summed E-state index contributed by atoms with van der Waals surface area (Å²) in [6, 6.07) is 14.9. The third-order valence-corrected chi connectivity index (χ3v) is 3.43. The summed E-state index contributed by atoms with van der Waals surface area (Å²) in [7, 11) is 0. The van der Waals surface area contributed by atoms with Crippen molar-refractivity contribution < 1.29 is 19.0 Å². The second-order valence-electron chi connectivity index (χ2n) is 4.70. The molecule has 1 aliphatic rings. The third-order valence-electron chi connectivity index (χ3n) is 3.43. The van der Waals surface area contributed by atoms with Gasteiger partial charge in [-0.05, 0) is 29.8 Å². The number of rotatable bonds is 2. The normalized spacial score (nSPS) is 14.7. The average Bonchev–Trinajstić information content (AvgIpc) is 3.11. The standard InChI is InChI=1S/C16H12O4/c17-16(11-5-6-13-14(8-11)19-9-18-13)15-7-10-3-1-2-4-12(10)20-15/h1-8,16-17H,9H2. The number of fused-ring (bicyclic) bond motifs is 2. The molecule has 0 spiro atoms. The van der Waals surface area contributed by atoms with Gasteiger partial charge in [-0.2, -0.15) is 0 Å². The Morgan fingerprint density at radius 3 is 2.70 bits per heavy atom. The summed E-state index contributed by atoms with van der Waals surface area (Å²) in [6.45, 7) is 0.222. The molecule has 100 valence electrons. The SMILES string of the molecule is OC(c1ccc2c(c1)OCO2)c1cc2ccccc2o1. The van der Waals surface area contributed by atoms with Crippen molar-refractivity contribution in [1.82, 2.24) is 0 Å². The summed E-state index contributed by atoms with van der Waals surface area (Å²) in [5.74, 6) is 1.87. The zero-order chi connectivity index (χ0) is 13.5. The number of aliphatic hydroxyl groups is 1. The lowest BCUT2D eigenvalue weighted by atomic mass is 10.1. The fourth-order valence-electron chi connectivity index (χ4n) is 2.38. The van der Waals surface area contributed by atoms with Crippen molar-refractivity contribution in [2.75, 3.05) is 6.79 Å². The van der Waals surface area contributed by atoms with Gasteiger partial charge in [-0.15, -0.1) is 0 Å². The van der Waals surface area contributed by atoms with Crippen LogP contribution in [0.15, 0.2) is 52.9 Å². The number of para-hydroxylation sites is 1. The highest BCUT2D eigenvalue weighted by Gasteiger charge is 2.20. The first kappa shape index (κ1) is 11.4. The van der Waals surface area contributed by atoms with Gasteiger partial charge < -0.3 is 19.0 Å². The molecule has 1 unspecified atom stereocenters. The van der Waals surface area contributed by atoms with E-state index in [1.54, 1.807) is 12.1 Å². The average molecular weight is 268 g/mol. The predicted molar refractivity (Wildman–Crippen MR) is 72.8 cm³/mol. The summed E-state index contributed by atoms with van der Waals surface area (Å²) < 4.78 is 16.3. The Bertz CT molecular complexity index is 742. The van der Waals surface area contributed by atoms with Crippen LogP contribution >= 0.6 is 0 Å². The van der Waals surface area contributed by atoms with E-state index in [0.29, 0.717) is 22.8 Å². The molecule has 0 saturated heterocycles. The summed E-state index contributed by atoms with van der Waals surface area (Å²) in [5.41, 5.74) is 1.48.